The van der Waals surface area contributed by atoms with E-state index < -0.39 is 0 Å². The molecular weight excluding hydrogens is 192 g/mol. The van der Waals surface area contributed by atoms with Gasteiger partial charge in [-0.2, -0.15) is 4.98 Å². The molecule has 0 saturated carbocycles. The summed E-state index contributed by atoms with van der Waals surface area (Å²) >= 11 is 0. The zero-order valence-corrected chi connectivity index (χ0v) is 9.12. The van der Waals surface area contributed by atoms with Crippen LogP contribution in [-0.2, 0) is 6.42 Å². The van der Waals surface area contributed by atoms with E-state index in [-0.39, 0.29) is 0 Å². The summed E-state index contributed by atoms with van der Waals surface area (Å²) < 4.78 is 5.21. The van der Waals surface area contributed by atoms with Gasteiger partial charge in [-0.3, -0.25) is 0 Å². The van der Waals surface area contributed by atoms with Crippen molar-refractivity contribution in [1.29, 1.82) is 0 Å². The molecule has 1 fully saturated rings. The maximum absolute atomic E-state index is 5.21. The maximum atomic E-state index is 5.21. The number of nitrogens with one attached hydrogen (secondary N) is 2. The number of nitrogens with zero attached hydrogens (tertiary/aromatic N) is 2. The van der Waals surface area contributed by atoms with Crippen molar-refractivity contribution in [2.45, 2.75) is 25.2 Å². The maximum Gasteiger partial charge on any atom is 0.226 e. The monoisotopic (exact) mass is 210 g/mol. The van der Waals surface area contributed by atoms with E-state index in [1.165, 1.54) is 0 Å². The highest BCUT2D eigenvalue weighted by Crippen LogP contribution is 2.19. The zero-order chi connectivity index (χ0) is 10.5. The fraction of sp³-hybridized carbons (Fsp3) is 0.800. The van der Waals surface area contributed by atoms with E-state index in [0.717, 1.165) is 50.6 Å². The van der Waals surface area contributed by atoms with Gasteiger partial charge in [0.1, 0.15) is 0 Å². The highest BCUT2D eigenvalue weighted by molar-refractivity contribution is 4.99. The van der Waals surface area contributed by atoms with Gasteiger partial charge in [0.05, 0.1) is 0 Å². The standard InChI is InChI=1S/C10H18N4O/c1-11-5-2-3-9-13-10(14-15-9)8-4-6-12-7-8/h8,11-12H,2-7H2,1H3. The zero-order valence-electron chi connectivity index (χ0n) is 9.12. The van der Waals surface area contributed by atoms with E-state index in [2.05, 4.69) is 20.8 Å². The van der Waals surface area contributed by atoms with Crippen LogP contribution in [0.15, 0.2) is 4.52 Å². The number of aryl methyl sites for hydroxylation is 1. The highest BCUT2D eigenvalue weighted by Gasteiger charge is 2.21. The second kappa shape index (κ2) is 5.23. The normalized spacial score (nSPS) is 21.0. The predicted molar refractivity (Wildman–Crippen MR) is 56.8 cm³/mol. The number of rotatable bonds is 5. The largest absolute Gasteiger partial charge is 0.339 e. The minimum atomic E-state index is 0.451. The van der Waals surface area contributed by atoms with Crippen LogP contribution in [-0.4, -0.2) is 36.8 Å². The van der Waals surface area contributed by atoms with Crippen LogP contribution in [0.25, 0.3) is 0 Å². The van der Waals surface area contributed by atoms with E-state index in [4.69, 9.17) is 4.52 Å². The first-order valence-corrected chi connectivity index (χ1v) is 5.58. The molecule has 0 aliphatic carbocycles. The molecule has 5 heteroatoms. The number of hydrogen-bond acceptors (Lipinski definition) is 5. The second-order valence-corrected chi connectivity index (χ2v) is 3.94. The van der Waals surface area contributed by atoms with Gasteiger partial charge in [0.2, 0.25) is 5.89 Å². The molecule has 0 radical (unpaired) electrons. The molecule has 0 spiro atoms. The molecule has 5 nitrogen and oxygen atoms in total. The van der Waals surface area contributed by atoms with Gasteiger partial charge in [0.25, 0.3) is 0 Å². The molecular formula is C10H18N4O. The molecule has 1 saturated heterocycles. The molecule has 2 heterocycles. The molecule has 2 N–H and O–H groups in total. The van der Waals surface area contributed by atoms with Crippen molar-refractivity contribution in [3.8, 4) is 0 Å². The number of hydrogen-bond donors (Lipinski definition) is 2. The molecule has 1 aliphatic rings. The first-order valence-electron chi connectivity index (χ1n) is 5.58. The topological polar surface area (TPSA) is 63.0 Å². The van der Waals surface area contributed by atoms with Gasteiger partial charge < -0.3 is 15.2 Å². The Kier molecular flexibility index (Phi) is 3.69. The highest BCUT2D eigenvalue weighted by atomic mass is 16.5. The SMILES string of the molecule is CNCCCc1nc(C2CCNC2)no1. The van der Waals surface area contributed by atoms with Crippen molar-refractivity contribution in [1.82, 2.24) is 20.8 Å². The fourth-order valence-corrected chi connectivity index (χ4v) is 1.83. The average molecular weight is 210 g/mol. The molecule has 84 valence electrons. The van der Waals surface area contributed by atoms with Crippen LogP contribution in [0.1, 0.15) is 30.5 Å². The molecule has 1 atom stereocenters. The Morgan fingerprint density at radius 2 is 2.53 bits per heavy atom. The molecule has 1 unspecified atom stereocenters. The van der Waals surface area contributed by atoms with Crippen LogP contribution in [0.3, 0.4) is 0 Å². The summed E-state index contributed by atoms with van der Waals surface area (Å²) in [6, 6.07) is 0. The quantitative estimate of drug-likeness (QED) is 0.684. The minimum Gasteiger partial charge on any atom is -0.339 e. The van der Waals surface area contributed by atoms with E-state index in [1.54, 1.807) is 0 Å². The van der Waals surface area contributed by atoms with Crippen molar-refractivity contribution in [2.75, 3.05) is 26.7 Å². The van der Waals surface area contributed by atoms with Crippen LogP contribution in [0, 0.1) is 0 Å². The Hall–Kier alpha value is -0.940. The third kappa shape index (κ3) is 2.76. The lowest BCUT2D eigenvalue weighted by Gasteiger charge is -1.98. The van der Waals surface area contributed by atoms with E-state index in [9.17, 15) is 0 Å². The van der Waals surface area contributed by atoms with Crippen molar-refractivity contribution < 1.29 is 4.52 Å². The average Bonchev–Trinajstić information content (AvgIpc) is 2.87. The second-order valence-electron chi connectivity index (χ2n) is 3.94. The summed E-state index contributed by atoms with van der Waals surface area (Å²) in [5, 5.41) is 10.4. The Balaban J connectivity index is 1.86. The Labute approximate surface area is 89.6 Å². The van der Waals surface area contributed by atoms with Crippen molar-refractivity contribution >= 4 is 0 Å². The van der Waals surface area contributed by atoms with Gasteiger partial charge in [0.15, 0.2) is 5.82 Å². The molecule has 2 rings (SSSR count). The summed E-state index contributed by atoms with van der Waals surface area (Å²) in [6.45, 7) is 3.03. The van der Waals surface area contributed by atoms with E-state index in [0.29, 0.717) is 5.92 Å². The molecule has 0 aromatic carbocycles. The number of aromatic nitrogens is 2. The molecule has 0 amide bonds. The minimum absolute atomic E-state index is 0.451. The molecule has 1 aromatic heterocycles. The summed E-state index contributed by atoms with van der Waals surface area (Å²) in [5.74, 6) is 2.10. The third-order valence-electron chi connectivity index (χ3n) is 2.73. The van der Waals surface area contributed by atoms with E-state index >= 15 is 0 Å². The van der Waals surface area contributed by atoms with Gasteiger partial charge in [-0.1, -0.05) is 5.16 Å². The van der Waals surface area contributed by atoms with Crippen LogP contribution < -0.4 is 10.6 Å². The molecule has 1 aromatic rings. The van der Waals surface area contributed by atoms with Crippen LogP contribution in [0.4, 0.5) is 0 Å². The van der Waals surface area contributed by atoms with Gasteiger partial charge in [-0.05, 0) is 33.0 Å². The molecule has 15 heavy (non-hydrogen) atoms. The summed E-state index contributed by atoms with van der Waals surface area (Å²) in [4.78, 5) is 4.42. The van der Waals surface area contributed by atoms with Crippen LogP contribution in [0.2, 0.25) is 0 Å². The smallest absolute Gasteiger partial charge is 0.226 e. The van der Waals surface area contributed by atoms with E-state index in [1.807, 2.05) is 7.05 Å². The van der Waals surface area contributed by atoms with Crippen molar-refractivity contribution in [3.63, 3.8) is 0 Å². The lowest BCUT2D eigenvalue weighted by atomic mass is 10.1. The Bertz CT molecular complexity index is 293. The lowest BCUT2D eigenvalue weighted by molar-refractivity contribution is 0.367. The molecule has 0 bridgehead atoms. The van der Waals surface area contributed by atoms with Gasteiger partial charge in [0, 0.05) is 18.9 Å². The van der Waals surface area contributed by atoms with Crippen molar-refractivity contribution in [2.24, 2.45) is 0 Å². The van der Waals surface area contributed by atoms with Gasteiger partial charge in [-0.15, -0.1) is 0 Å². The first-order chi connectivity index (χ1) is 7.40. The summed E-state index contributed by atoms with van der Waals surface area (Å²) in [7, 11) is 1.95. The fourth-order valence-electron chi connectivity index (χ4n) is 1.83. The summed E-state index contributed by atoms with van der Waals surface area (Å²) in [5.41, 5.74) is 0. The van der Waals surface area contributed by atoms with Crippen LogP contribution >= 0.6 is 0 Å². The Morgan fingerprint density at radius 1 is 1.60 bits per heavy atom. The third-order valence-corrected chi connectivity index (χ3v) is 2.73. The molecule has 1 aliphatic heterocycles. The van der Waals surface area contributed by atoms with Crippen LogP contribution in [0.5, 0.6) is 0 Å². The summed E-state index contributed by atoms with van der Waals surface area (Å²) in [6.07, 6.45) is 3.03. The first kappa shape index (κ1) is 10.6. The predicted octanol–water partition coefficient (Wildman–Crippen LogP) is 0.298. The lowest BCUT2D eigenvalue weighted by Crippen LogP contribution is -2.09. The van der Waals surface area contributed by atoms with Gasteiger partial charge >= 0.3 is 0 Å². The Morgan fingerprint density at radius 3 is 3.27 bits per heavy atom. The van der Waals surface area contributed by atoms with Gasteiger partial charge in [-0.25, -0.2) is 0 Å². The van der Waals surface area contributed by atoms with Crippen molar-refractivity contribution in [3.05, 3.63) is 11.7 Å².